The van der Waals surface area contributed by atoms with Crippen LogP contribution in [-0.4, -0.2) is 16.5 Å². The second-order valence-corrected chi connectivity index (χ2v) is 6.33. The normalized spacial score (nSPS) is 13.1. The SMILES string of the molecule is N#Cc1ccc(-c2nc(Cc3ccc(F)cc3)nc3c2CNCC3)cc1. The van der Waals surface area contributed by atoms with Crippen LogP contribution in [-0.2, 0) is 19.4 Å². The molecule has 0 radical (unpaired) electrons. The van der Waals surface area contributed by atoms with Gasteiger partial charge in [0.15, 0.2) is 0 Å². The summed E-state index contributed by atoms with van der Waals surface area (Å²) in [5.74, 6) is 0.487. The molecule has 0 amide bonds. The molecule has 4 nitrogen and oxygen atoms in total. The van der Waals surface area contributed by atoms with Gasteiger partial charge in [0.2, 0.25) is 0 Å². The van der Waals surface area contributed by atoms with Crippen LogP contribution in [0.4, 0.5) is 4.39 Å². The minimum Gasteiger partial charge on any atom is -0.312 e. The molecule has 26 heavy (non-hydrogen) atoms. The molecule has 0 saturated heterocycles. The second kappa shape index (κ2) is 7.03. The summed E-state index contributed by atoms with van der Waals surface area (Å²) in [5.41, 5.74) is 5.67. The molecule has 2 aromatic carbocycles. The smallest absolute Gasteiger partial charge is 0.133 e. The number of nitriles is 1. The van der Waals surface area contributed by atoms with Gasteiger partial charge < -0.3 is 5.32 Å². The fourth-order valence-corrected chi connectivity index (χ4v) is 3.20. The molecule has 5 heteroatoms. The molecule has 0 atom stereocenters. The highest BCUT2D eigenvalue weighted by atomic mass is 19.1. The quantitative estimate of drug-likeness (QED) is 0.791. The lowest BCUT2D eigenvalue weighted by molar-refractivity contribution is 0.622. The van der Waals surface area contributed by atoms with Gasteiger partial charge >= 0.3 is 0 Å². The summed E-state index contributed by atoms with van der Waals surface area (Å²) >= 11 is 0. The monoisotopic (exact) mass is 344 g/mol. The maximum atomic E-state index is 13.1. The van der Waals surface area contributed by atoms with Crippen molar-refractivity contribution in [2.24, 2.45) is 0 Å². The number of aromatic nitrogens is 2. The Kier molecular flexibility index (Phi) is 4.42. The van der Waals surface area contributed by atoms with Gasteiger partial charge in [-0.25, -0.2) is 14.4 Å². The first-order valence-electron chi connectivity index (χ1n) is 8.57. The van der Waals surface area contributed by atoms with Crippen molar-refractivity contribution < 1.29 is 4.39 Å². The van der Waals surface area contributed by atoms with Crippen molar-refractivity contribution in [2.75, 3.05) is 6.54 Å². The Morgan fingerprint density at radius 3 is 2.54 bits per heavy atom. The van der Waals surface area contributed by atoms with Crippen LogP contribution < -0.4 is 5.32 Å². The number of fused-ring (bicyclic) bond motifs is 1. The Hall–Kier alpha value is -3.10. The van der Waals surface area contributed by atoms with Gasteiger partial charge in [-0.1, -0.05) is 24.3 Å². The van der Waals surface area contributed by atoms with Crippen LogP contribution in [0.25, 0.3) is 11.3 Å². The predicted molar refractivity (Wildman–Crippen MR) is 96.8 cm³/mol. The Morgan fingerprint density at radius 2 is 1.81 bits per heavy atom. The van der Waals surface area contributed by atoms with Crippen molar-refractivity contribution in [1.82, 2.24) is 15.3 Å². The molecule has 4 rings (SSSR count). The zero-order valence-electron chi connectivity index (χ0n) is 14.2. The molecule has 1 N–H and O–H groups in total. The molecule has 1 aliphatic heterocycles. The minimum absolute atomic E-state index is 0.246. The first kappa shape index (κ1) is 16.4. The molecule has 1 aliphatic rings. The van der Waals surface area contributed by atoms with Gasteiger partial charge in [-0.2, -0.15) is 5.26 Å². The number of rotatable bonds is 3. The van der Waals surface area contributed by atoms with Crippen LogP contribution in [0.3, 0.4) is 0 Å². The minimum atomic E-state index is -0.246. The third-order valence-corrected chi connectivity index (χ3v) is 4.54. The molecular formula is C21H17FN4. The topological polar surface area (TPSA) is 61.6 Å². The highest BCUT2D eigenvalue weighted by molar-refractivity contribution is 5.65. The maximum absolute atomic E-state index is 13.1. The molecule has 3 aromatic rings. The standard InChI is InChI=1S/C21H17FN4/c22-17-7-3-14(4-8-17)11-20-25-19-9-10-24-13-18(19)21(26-20)16-5-1-15(12-23)2-6-16/h1-8,24H,9-11,13H2. The van der Waals surface area contributed by atoms with Crippen molar-refractivity contribution in [3.05, 3.63) is 82.6 Å². The van der Waals surface area contributed by atoms with E-state index in [4.69, 9.17) is 15.2 Å². The molecule has 128 valence electrons. The summed E-state index contributed by atoms with van der Waals surface area (Å²) in [5, 5.41) is 12.4. The van der Waals surface area contributed by atoms with E-state index in [1.54, 1.807) is 24.3 Å². The van der Waals surface area contributed by atoms with Gasteiger partial charge in [-0.3, -0.25) is 0 Å². The van der Waals surface area contributed by atoms with Crippen molar-refractivity contribution in [2.45, 2.75) is 19.4 Å². The highest BCUT2D eigenvalue weighted by Crippen LogP contribution is 2.26. The van der Waals surface area contributed by atoms with Crippen LogP contribution in [0.2, 0.25) is 0 Å². The van der Waals surface area contributed by atoms with E-state index in [9.17, 15) is 4.39 Å². The van der Waals surface area contributed by atoms with E-state index >= 15 is 0 Å². The Labute approximate surface area is 151 Å². The van der Waals surface area contributed by atoms with E-state index in [-0.39, 0.29) is 5.82 Å². The molecule has 1 aromatic heterocycles. The lowest BCUT2D eigenvalue weighted by Crippen LogP contribution is -2.26. The third kappa shape index (κ3) is 3.32. The van der Waals surface area contributed by atoms with Crippen LogP contribution in [0.1, 0.15) is 28.2 Å². The zero-order chi connectivity index (χ0) is 17.9. The fourth-order valence-electron chi connectivity index (χ4n) is 3.20. The van der Waals surface area contributed by atoms with Crippen LogP contribution in [0.5, 0.6) is 0 Å². The zero-order valence-corrected chi connectivity index (χ0v) is 14.2. The summed E-state index contributed by atoms with van der Waals surface area (Å²) in [4.78, 5) is 9.56. The van der Waals surface area contributed by atoms with E-state index in [0.717, 1.165) is 53.4 Å². The molecule has 0 unspecified atom stereocenters. The lowest BCUT2D eigenvalue weighted by Gasteiger charge is -2.20. The number of nitrogens with one attached hydrogen (secondary N) is 1. The van der Waals surface area contributed by atoms with Crippen molar-refractivity contribution in [1.29, 1.82) is 5.26 Å². The molecule has 0 spiro atoms. The van der Waals surface area contributed by atoms with E-state index in [1.807, 2.05) is 12.1 Å². The Bertz CT molecular complexity index is 973. The highest BCUT2D eigenvalue weighted by Gasteiger charge is 2.18. The van der Waals surface area contributed by atoms with Gasteiger partial charge in [0, 0.05) is 37.1 Å². The Morgan fingerprint density at radius 1 is 1.04 bits per heavy atom. The maximum Gasteiger partial charge on any atom is 0.133 e. The summed E-state index contributed by atoms with van der Waals surface area (Å²) in [6, 6.07) is 16.1. The van der Waals surface area contributed by atoms with Gasteiger partial charge in [0.1, 0.15) is 11.6 Å². The number of hydrogen-bond donors (Lipinski definition) is 1. The average molecular weight is 344 g/mol. The molecule has 0 saturated carbocycles. The Balaban J connectivity index is 1.76. The number of nitrogens with zero attached hydrogens (tertiary/aromatic N) is 3. The second-order valence-electron chi connectivity index (χ2n) is 6.33. The molecule has 0 fully saturated rings. The third-order valence-electron chi connectivity index (χ3n) is 4.54. The first-order valence-corrected chi connectivity index (χ1v) is 8.57. The van der Waals surface area contributed by atoms with Crippen LogP contribution in [0, 0.1) is 17.1 Å². The van der Waals surface area contributed by atoms with E-state index in [0.29, 0.717) is 12.0 Å². The fraction of sp³-hybridized carbons (Fsp3) is 0.190. The largest absolute Gasteiger partial charge is 0.312 e. The van der Waals surface area contributed by atoms with Crippen LogP contribution in [0.15, 0.2) is 48.5 Å². The van der Waals surface area contributed by atoms with Gasteiger partial charge in [-0.05, 0) is 29.8 Å². The van der Waals surface area contributed by atoms with Crippen molar-refractivity contribution in [3.8, 4) is 17.3 Å². The molecule has 0 aliphatic carbocycles. The lowest BCUT2D eigenvalue weighted by atomic mass is 9.99. The van der Waals surface area contributed by atoms with Gasteiger partial charge in [0.05, 0.1) is 23.0 Å². The number of halogens is 1. The number of benzene rings is 2. The summed E-state index contributed by atoms with van der Waals surface area (Å²) < 4.78 is 13.1. The molecular weight excluding hydrogens is 327 g/mol. The van der Waals surface area contributed by atoms with Crippen LogP contribution >= 0.6 is 0 Å². The van der Waals surface area contributed by atoms with E-state index < -0.39 is 0 Å². The van der Waals surface area contributed by atoms with Gasteiger partial charge in [-0.15, -0.1) is 0 Å². The average Bonchev–Trinajstić information content (AvgIpc) is 2.69. The van der Waals surface area contributed by atoms with E-state index in [2.05, 4.69) is 11.4 Å². The summed E-state index contributed by atoms with van der Waals surface area (Å²) in [6.07, 6.45) is 1.42. The first-order chi connectivity index (χ1) is 12.7. The van der Waals surface area contributed by atoms with Crippen molar-refractivity contribution >= 4 is 0 Å². The predicted octanol–water partition coefficient (Wildman–Crippen LogP) is 3.39. The summed E-state index contributed by atoms with van der Waals surface area (Å²) in [6.45, 7) is 1.63. The van der Waals surface area contributed by atoms with Gasteiger partial charge in [0.25, 0.3) is 0 Å². The molecule has 0 bridgehead atoms. The van der Waals surface area contributed by atoms with E-state index in [1.165, 1.54) is 12.1 Å². The summed E-state index contributed by atoms with van der Waals surface area (Å²) in [7, 11) is 0. The van der Waals surface area contributed by atoms with Crippen molar-refractivity contribution in [3.63, 3.8) is 0 Å². The number of hydrogen-bond acceptors (Lipinski definition) is 4. The molecule has 2 heterocycles.